The highest BCUT2D eigenvalue weighted by Crippen LogP contribution is 2.11. The molecule has 0 aliphatic heterocycles. The fourth-order valence-electron chi connectivity index (χ4n) is 1.29. The number of benzene rings is 1. The van der Waals surface area contributed by atoms with Gasteiger partial charge < -0.3 is 0 Å². The molecule has 2 aromatic rings. The van der Waals surface area contributed by atoms with Crippen molar-refractivity contribution in [3.8, 4) is 0 Å². The molecule has 0 saturated heterocycles. The maximum Gasteiger partial charge on any atom is 0.243 e. The molecule has 1 heterocycles. The third-order valence-electron chi connectivity index (χ3n) is 2.14. The molecule has 2 rings (SSSR count). The molecule has 0 aliphatic carbocycles. The Balaban J connectivity index is 2.08. The lowest BCUT2D eigenvalue weighted by atomic mass is 10.2. The number of aromatic nitrogens is 2. The van der Waals surface area contributed by atoms with Gasteiger partial charge in [-0.25, -0.2) is 13.1 Å². The van der Waals surface area contributed by atoms with E-state index in [4.69, 9.17) is 11.6 Å². The van der Waals surface area contributed by atoms with Crippen LogP contribution in [0, 0.1) is 0 Å². The molecule has 0 fully saturated rings. The van der Waals surface area contributed by atoms with Crippen LogP contribution in [-0.2, 0) is 16.6 Å². The summed E-state index contributed by atoms with van der Waals surface area (Å²) in [5, 5.41) is 6.62. The Kier molecular flexibility index (Phi) is 3.46. The number of nitrogens with one attached hydrogen (secondary N) is 2. The van der Waals surface area contributed by atoms with Crippen LogP contribution < -0.4 is 4.72 Å². The molecule has 2 N–H and O–H groups in total. The van der Waals surface area contributed by atoms with E-state index in [1.54, 1.807) is 24.3 Å². The standard InChI is InChI=1S/C10H10ClN3O2S/c11-9-3-1-2-8(4-9)5-14-17(15,16)10-6-12-13-7-10/h1-4,6-7,14H,5H2,(H,12,13). The minimum absolute atomic E-state index is 0.111. The van der Waals surface area contributed by atoms with E-state index in [-0.39, 0.29) is 11.4 Å². The van der Waals surface area contributed by atoms with Crippen LogP contribution in [0.5, 0.6) is 0 Å². The van der Waals surface area contributed by atoms with Gasteiger partial charge in [0.1, 0.15) is 4.90 Å². The first-order valence-electron chi connectivity index (χ1n) is 4.81. The van der Waals surface area contributed by atoms with E-state index in [2.05, 4.69) is 14.9 Å². The van der Waals surface area contributed by atoms with Crippen LogP contribution >= 0.6 is 11.6 Å². The Morgan fingerprint density at radius 3 is 2.88 bits per heavy atom. The number of nitrogens with zero attached hydrogens (tertiary/aromatic N) is 1. The van der Waals surface area contributed by atoms with Gasteiger partial charge in [0.05, 0.1) is 6.20 Å². The molecule has 0 saturated carbocycles. The molecule has 0 spiro atoms. The van der Waals surface area contributed by atoms with Crippen LogP contribution in [0.3, 0.4) is 0 Å². The third-order valence-corrected chi connectivity index (χ3v) is 3.74. The first kappa shape index (κ1) is 12.1. The van der Waals surface area contributed by atoms with Crippen LogP contribution in [0.1, 0.15) is 5.56 Å². The fourth-order valence-corrected chi connectivity index (χ4v) is 2.43. The summed E-state index contributed by atoms with van der Waals surface area (Å²) in [6.45, 7) is 0.189. The van der Waals surface area contributed by atoms with Crippen molar-refractivity contribution in [3.05, 3.63) is 47.2 Å². The lowest BCUT2D eigenvalue weighted by molar-refractivity contribution is 0.581. The summed E-state index contributed by atoms with van der Waals surface area (Å²) in [4.78, 5) is 0.111. The smallest absolute Gasteiger partial charge is 0.243 e. The average Bonchev–Trinajstić information content (AvgIpc) is 2.81. The zero-order valence-electron chi connectivity index (χ0n) is 8.72. The fraction of sp³-hybridized carbons (Fsp3) is 0.100. The van der Waals surface area contributed by atoms with Gasteiger partial charge in [0.25, 0.3) is 0 Å². The van der Waals surface area contributed by atoms with Crippen LogP contribution in [-0.4, -0.2) is 18.6 Å². The Hall–Kier alpha value is -1.37. The largest absolute Gasteiger partial charge is 0.284 e. The maximum absolute atomic E-state index is 11.7. The summed E-state index contributed by atoms with van der Waals surface area (Å²) in [5.41, 5.74) is 0.796. The summed E-state index contributed by atoms with van der Waals surface area (Å²) in [6, 6.07) is 7.00. The van der Waals surface area contributed by atoms with Gasteiger partial charge in [-0.15, -0.1) is 0 Å². The molecule has 1 aromatic carbocycles. The molecular weight excluding hydrogens is 262 g/mol. The van der Waals surface area contributed by atoms with Crippen LogP contribution in [0.4, 0.5) is 0 Å². The highest BCUT2D eigenvalue weighted by molar-refractivity contribution is 7.89. The van der Waals surface area contributed by atoms with Gasteiger partial charge in [0, 0.05) is 17.8 Å². The van der Waals surface area contributed by atoms with Gasteiger partial charge in [-0.05, 0) is 17.7 Å². The molecule has 1 aromatic heterocycles. The zero-order chi connectivity index (χ0) is 12.3. The minimum atomic E-state index is -3.51. The molecule has 0 unspecified atom stereocenters. The highest BCUT2D eigenvalue weighted by atomic mass is 35.5. The zero-order valence-corrected chi connectivity index (χ0v) is 10.3. The summed E-state index contributed by atoms with van der Waals surface area (Å²) >= 11 is 5.80. The lowest BCUT2D eigenvalue weighted by Gasteiger charge is -2.04. The Morgan fingerprint density at radius 2 is 2.24 bits per heavy atom. The Bertz CT molecular complexity index is 596. The summed E-state index contributed by atoms with van der Waals surface area (Å²) in [6.07, 6.45) is 2.57. The Morgan fingerprint density at radius 1 is 1.41 bits per heavy atom. The molecule has 0 bridgehead atoms. The van der Waals surface area contributed by atoms with Crippen molar-refractivity contribution in [3.63, 3.8) is 0 Å². The van der Waals surface area contributed by atoms with Gasteiger partial charge in [0.2, 0.25) is 10.0 Å². The highest BCUT2D eigenvalue weighted by Gasteiger charge is 2.14. The van der Waals surface area contributed by atoms with Crippen molar-refractivity contribution in [2.75, 3.05) is 0 Å². The number of halogens is 1. The number of aromatic amines is 1. The van der Waals surface area contributed by atoms with Crippen LogP contribution in [0.2, 0.25) is 5.02 Å². The number of hydrogen-bond acceptors (Lipinski definition) is 3. The third kappa shape index (κ3) is 3.06. The van der Waals surface area contributed by atoms with Crippen LogP contribution in [0.15, 0.2) is 41.6 Å². The minimum Gasteiger partial charge on any atom is -0.284 e. The molecule has 0 atom stereocenters. The van der Waals surface area contributed by atoms with E-state index in [9.17, 15) is 8.42 Å². The van der Waals surface area contributed by atoms with E-state index >= 15 is 0 Å². The second kappa shape index (κ2) is 4.87. The van der Waals surface area contributed by atoms with E-state index in [1.807, 2.05) is 0 Å². The molecule has 5 nitrogen and oxygen atoms in total. The molecular formula is C10H10ClN3O2S. The summed E-state index contributed by atoms with van der Waals surface area (Å²) < 4.78 is 26.0. The number of H-pyrrole nitrogens is 1. The van der Waals surface area contributed by atoms with E-state index in [0.29, 0.717) is 5.02 Å². The SMILES string of the molecule is O=S(=O)(NCc1cccc(Cl)c1)c1cn[nH]c1. The number of sulfonamides is 1. The molecule has 90 valence electrons. The maximum atomic E-state index is 11.7. The second-order valence-corrected chi connectivity index (χ2v) is 5.59. The van der Waals surface area contributed by atoms with Gasteiger partial charge in [-0.1, -0.05) is 23.7 Å². The van der Waals surface area contributed by atoms with Crippen molar-refractivity contribution >= 4 is 21.6 Å². The predicted octanol–water partition coefficient (Wildman–Crippen LogP) is 1.54. The monoisotopic (exact) mass is 271 g/mol. The molecule has 0 amide bonds. The van der Waals surface area contributed by atoms with Crippen LogP contribution in [0.25, 0.3) is 0 Å². The van der Waals surface area contributed by atoms with Gasteiger partial charge >= 0.3 is 0 Å². The van der Waals surface area contributed by atoms with E-state index < -0.39 is 10.0 Å². The average molecular weight is 272 g/mol. The first-order chi connectivity index (χ1) is 8.08. The molecule has 0 radical (unpaired) electrons. The topological polar surface area (TPSA) is 74.8 Å². The van der Waals surface area contributed by atoms with Gasteiger partial charge in [-0.3, -0.25) is 5.10 Å². The Labute approximate surface area is 104 Å². The summed E-state index contributed by atoms with van der Waals surface area (Å²) in [7, 11) is -3.51. The van der Waals surface area contributed by atoms with Crippen molar-refractivity contribution in [1.82, 2.24) is 14.9 Å². The van der Waals surface area contributed by atoms with Crippen molar-refractivity contribution in [2.24, 2.45) is 0 Å². The van der Waals surface area contributed by atoms with E-state index in [0.717, 1.165) is 5.56 Å². The molecule has 17 heavy (non-hydrogen) atoms. The van der Waals surface area contributed by atoms with Gasteiger partial charge in [-0.2, -0.15) is 5.10 Å². The predicted molar refractivity (Wildman–Crippen MR) is 64.1 cm³/mol. The summed E-state index contributed by atoms with van der Waals surface area (Å²) in [5.74, 6) is 0. The van der Waals surface area contributed by atoms with Crippen molar-refractivity contribution in [2.45, 2.75) is 11.4 Å². The van der Waals surface area contributed by atoms with Crippen molar-refractivity contribution < 1.29 is 8.42 Å². The second-order valence-electron chi connectivity index (χ2n) is 3.39. The molecule has 0 aliphatic rings. The van der Waals surface area contributed by atoms with E-state index in [1.165, 1.54) is 12.4 Å². The van der Waals surface area contributed by atoms with Crippen molar-refractivity contribution in [1.29, 1.82) is 0 Å². The van der Waals surface area contributed by atoms with Gasteiger partial charge in [0.15, 0.2) is 0 Å². The first-order valence-corrected chi connectivity index (χ1v) is 6.67. The quantitative estimate of drug-likeness (QED) is 0.886. The molecule has 7 heteroatoms. The number of rotatable bonds is 4. The normalized spacial score (nSPS) is 11.6. The number of hydrogen-bond donors (Lipinski definition) is 2. The lowest BCUT2D eigenvalue weighted by Crippen LogP contribution is -2.22.